The number of thioether (sulfide) groups is 1. The lowest BCUT2D eigenvalue weighted by atomic mass is 9.95. The van der Waals surface area contributed by atoms with Gasteiger partial charge in [0.15, 0.2) is 0 Å². The van der Waals surface area contributed by atoms with Crippen LogP contribution in [0.3, 0.4) is 0 Å². The third-order valence-corrected chi connectivity index (χ3v) is 4.77. The van der Waals surface area contributed by atoms with Gasteiger partial charge in [0.2, 0.25) is 0 Å². The highest BCUT2D eigenvalue weighted by molar-refractivity contribution is 7.98. The molecule has 1 aromatic heterocycles. The van der Waals surface area contributed by atoms with E-state index in [0.717, 1.165) is 17.2 Å². The Bertz CT molecular complexity index is 380. The maximum Gasteiger partial charge on any atom is 0.0804 e. The Kier molecular flexibility index (Phi) is 2.94. The van der Waals surface area contributed by atoms with Crippen LogP contribution in [0.25, 0.3) is 0 Å². The molecule has 1 aliphatic heterocycles. The zero-order valence-electron chi connectivity index (χ0n) is 9.61. The van der Waals surface area contributed by atoms with E-state index >= 15 is 0 Å². The second-order valence-corrected chi connectivity index (χ2v) is 5.79. The van der Waals surface area contributed by atoms with Crippen LogP contribution in [0.15, 0.2) is 0 Å². The standard InChI is InChI=1S/C12H19N3S/c13-6-11-10-7-16-8-12(10)15(14-11)9-4-2-1-3-5-9/h9H,1-8,13H2. The molecule has 2 heterocycles. The van der Waals surface area contributed by atoms with Gasteiger partial charge in [0.1, 0.15) is 0 Å². The van der Waals surface area contributed by atoms with Gasteiger partial charge >= 0.3 is 0 Å². The van der Waals surface area contributed by atoms with E-state index in [1.54, 1.807) is 0 Å². The van der Waals surface area contributed by atoms with Crippen LogP contribution in [-0.2, 0) is 18.1 Å². The Morgan fingerprint density at radius 2 is 2.06 bits per heavy atom. The first-order valence-electron chi connectivity index (χ1n) is 6.27. The van der Waals surface area contributed by atoms with Crippen LogP contribution in [0.4, 0.5) is 0 Å². The van der Waals surface area contributed by atoms with Crippen LogP contribution in [0.5, 0.6) is 0 Å². The van der Waals surface area contributed by atoms with Crippen LogP contribution >= 0.6 is 11.8 Å². The summed E-state index contributed by atoms with van der Waals surface area (Å²) in [4.78, 5) is 0. The molecule has 2 aliphatic rings. The Balaban J connectivity index is 1.94. The molecule has 4 heteroatoms. The van der Waals surface area contributed by atoms with Crippen molar-refractivity contribution >= 4 is 11.8 Å². The number of aromatic nitrogens is 2. The molecule has 2 N–H and O–H groups in total. The molecule has 0 aromatic carbocycles. The summed E-state index contributed by atoms with van der Waals surface area (Å²) in [6, 6.07) is 0.654. The van der Waals surface area contributed by atoms with Gasteiger partial charge in [0, 0.05) is 23.6 Å². The van der Waals surface area contributed by atoms with Gasteiger partial charge in [-0.1, -0.05) is 19.3 Å². The molecule has 3 nitrogen and oxygen atoms in total. The van der Waals surface area contributed by atoms with E-state index in [-0.39, 0.29) is 0 Å². The van der Waals surface area contributed by atoms with E-state index in [4.69, 9.17) is 10.8 Å². The summed E-state index contributed by atoms with van der Waals surface area (Å²) >= 11 is 2.00. The summed E-state index contributed by atoms with van der Waals surface area (Å²) in [7, 11) is 0. The van der Waals surface area contributed by atoms with E-state index in [2.05, 4.69) is 4.68 Å². The number of nitrogens with zero attached hydrogens (tertiary/aromatic N) is 2. The van der Waals surface area contributed by atoms with E-state index in [0.29, 0.717) is 12.6 Å². The molecule has 88 valence electrons. The molecule has 0 radical (unpaired) electrons. The predicted octanol–water partition coefficient (Wildman–Crippen LogP) is 2.59. The molecule has 1 aromatic rings. The molecule has 0 spiro atoms. The fraction of sp³-hybridized carbons (Fsp3) is 0.750. The molecule has 16 heavy (non-hydrogen) atoms. The number of hydrogen-bond donors (Lipinski definition) is 1. The molecule has 0 unspecified atom stereocenters. The monoisotopic (exact) mass is 237 g/mol. The number of hydrogen-bond acceptors (Lipinski definition) is 3. The van der Waals surface area contributed by atoms with E-state index in [1.165, 1.54) is 43.4 Å². The van der Waals surface area contributed by atoms with Crippen LogP contribution in [0.2, 0.25) is 0 Å². The number of fused-ring (bicyclic) bond motifs is 1. The van der Waals surface area contributed by atoms with E-state index in [9.17, 15) is 0 Å². The van der Waals surface area contributed by atoms with Gasteiger partial charge in [-0.3, -0.25) is 4.68 Å². The minimum absolute atomic E-state index is 0.600. The van der Waals surface area contributed by atoms with Gasteiger partial charge in [-0.05, 0) is 12.8 Å². The zero-order valence-corrected chi connectivity index (χ0v) is 10.4. The minimum atomic E-state index is 0.600. The molecule has 0 amide bonds. The largest absolute Gasteiger partial charge is 0.325 e. The van der Waals surface area contributed by atoms with E-state index < -0.39 is 0 Å². The van der Waals surface area contributed by atoms with Crippen molar-refractivity contribution in [2.75, 3.05) is 0 Å². The Hall–Kier alpha value is -0.480. The second-order valence-electron chi connectivity index (χ2n) is 4.81. The molecule has 1 saturated carbocycles. The highest BCUT2D eigenvalue weighted by Gasteiger charge is 2.26. The summed E-state index contributed by atoms with van der Waals surface area (Å²) in [6.45, 7) is 0.600. The zero-order chi connectivity index (χ0) is 11.0. The maximum absolute atomic E-state index is 5.78. The summed E-state index contributed by atoms with van der Waals surface area (Å²) in [5, 5.41) is 4.75. The van der Waals surface area contributed by atoms with Crippen LogP contribution in [0.1, 0.15) is 55.1 Å². The van der Waals surface area contributed by atoms with Crippen molar-refractivity contribution in [1.29, 1.82) is 0 Å². The van der Waals surface area contributed by atoms with Crippen molar-refractivity contribution in [2.24, 2.45) is 5.73 Å². The smallest absolute Gasteiger partial charge is 0.0804 e. The predicted molar refractivity (Wildman–Crippen MR) is 67.2 cm³/mol. The van der Waals surface area contributed by atoms with E-state index in [1.807, 2.05) is 11.8 Å². The van der Waals surface area contributed by atoms with Crippen LogP contribution in [0, 0.1) is 0 Å². The van der Waals surface area contributed by atoms with Crippen molar-refractivity contribution in [1.82, 2.24) is 9.78 Å². The molecule has 0 bridgehead atoms. The molecular formula is C12H19N3S. The summed E-state index contributed by atoms with van der Waals surface area (Å²) in [6.07, 6.45) is 6.75. The lowest BCUT2D eigenvalue weighted by molar-refractivity contribution is 0.323. The first-order valence-corrected chi connectivity index (χ1v) is 7.42. The molecule has 0 saturated heterocycles. The Labute approximate surface area is 101 Å². The average molecular weight is 237 g/mol. The third kappa shape index (κ3) is 1.68. The maximum atomic E-state index is 5.78. The SMILES string of the molecule is NCc1nn(C2CCCCC2)c2c1CSC2. The van der Waals surface area contributed by atoms with Crippen molar-refractivity contribution in [3.8, 4) is 0 Å². The molecular weight excluding hydrogens is 218 g/mol. The van der Waals surface area contributed by atoms with Crippen molar-refractivity contribution in [3.63, 3.8) is 0 Å². The van der Waals surface area contributed by atoms with Gasteiger partial charge in [0.05, 0.1) is 17.4 Å². The summed E-state index contributed by atoms with van der Waals surface area (Å²) in [5.41, 5.74) is 9.84. The Morgan fingerprint density at radius 3 is 2.81 bits per heavy atom. The van der Waals surface area contributed by atoms with Crippen molar-refractivity contribution in [3.05, 3.63) is 17.0 Å². The van der Waals surface area contributed by atoms with Gasteiger partial charge in [0.25, 0.3) is 0 Å². The topological polar surface area (TPSA) is 43.8 Å². The lowest BCUT2D eigenvalue weighted by Gasteiger charge is -2.23. The minimum Gasteiger partial charge on any atom is -0.325 e. The first kappa shape index (κ1) is 10.7. The quantitative estimate of drug-likeness (QED) is 0.860. The fourth-order valence-corrected chi connectivity index (χ4v) is 4.06. The Morgan fingerprint density at radius 1 is 1.25 bits per heavy atom. The average Bonchev–Trinajstić information content (AvgIpc) is 2.91. The molecule has 1 aliphatic carbocycles. The van der Waals surface area contributed by atoms with Crippen LogP contribution < -0.4 is 5.73 Å². The normalized spacial score (nSPS) is 21.3. The molecule has 0 atom stereocenters. The highest BCUT2D eigenvalue weighted by atomic mass is 32.2. The van der Waals surface area contributed by atoms with Crippen molar-refractivity contribution in [2.45, 2.75) is 56.2 Å². The summed E-state index contributed by atoms with van der Waals surface area (Å²) < 4.78 is 2.32. The third-order valence-electron chi connectivity index (χ3n) is 3.80. The van der Waals surface area contributed by atoms with Gasteiger partial charge < -0.3 is 5.73 Å². The number of nitrogens with two attached hydrogens (primary N) is 1. The van der Waals surface area contributed by atoms with Gasteiger partial charge in [-0.25, -0.2) is 0 Å². The van der Waals surface area contributed by atoms with Gasteiger partial charge in [-0.2, -0.15) is 16.9 Å². The fourth-order valence-electron chi connectivity index (χ4n) is 2.92. The number of rotatable bonds is 2. The van der Waals surface area contributed by atoms with Gasteiger partial charge in [-0.15, -0.1) is 0 Å². The first-order chi connectivity index (χ1) is 7.90. The molecule has 1 fully saturated rings. The molecule has 3 rings (SSSR count). The second kappa shape index (κ2) is 4.41. The lowest BCUT2D eigenvalue weighted by Crippen LogP contribution is -2.16. The van der Waals surface area contributed by atoms with Crippen molar-refractivity contribution < 1.29 is 0 Å². The summed E-state index contributed by atoms with van der Waals surface area (Å²) in [5.74, 6) is 2.26. The van der Waals surface area contributed by atoms with Crippen LogP contribution in [-0.4, -0.2) is 9.78 Å². The highest BCUT2D eigenvalue weighted by Crippen LogP contribution is 2.37.